The Labute approximate surface area is 249 Å². The first-order valence-corrected chi connectivity index (χ1v) is 15.2. The van der Waals surface area contributed by atoms with E-state index < -0.39 is 6.04 Å². The van der Waals surface area contributed by atoms with Crippen molar-refractivity contribution in [1.82, 2.24) is 30.4 Å². The van der Waals surface area contributed by atoms with E-state index in [0.717, 1.165) is 53.5 Å². The van der Waals surface area contributed by atoms with Crippen LogP contribution in [0.25, 0.3) is 22.2 Å². The highest BCUT2D eigenvalue weighted by Crippen LogP contribution is 2.37. The normalized spacial score (nSPS) is 18.7. The predicted octanol–water partition coefficient (Wildman–Crippen LogP) is 4.31. The van der Waals surface area contributed by atoms with Crippen LogP contribution in [-0.2, 0) is 14.4 Å². The molecule has 1 aliphatic heterocycles. The Bertz CT molecular complexity index is 1340. The van der Waals surface area contributed by atoms with E-state index >= 15 is 0 Å². The Hall–Kier alpha value is -3.56. The second-order valence-corrected chi connectivity index (χ2v) is 11.8. The zero-order chi connectivity index (χ0) is 30.2. The smallest absolute Gasteiger partial charge is 0.237 e. The van der Waals surface area contributed by atoms with Crippen LogP contribution in [0.4, 0.5) is 0 Å². The molecule has 3 aromatic rings. The van der Waals surface area contributed by atoms with Gasteiger partial charge in [-0.1, -0.05) is 63.2 Å². The molecule has 1 fully saturated rings. The summed E-state index contributed by atoms with van der Waals surface area (Å²) >= 11 is 0. The maximum absolute atomic E-state index is 13.2. The van der Waals surface area contributed by atoms with Gasteiger partial charge in [0.1, 0.15) is 18.2 Å². The van der Waals surface area contributed by atoms with Gasteiger partial charge in [-0.05, 0) is 57.3 Å². The molecular weight excluding hydrogens is 528 g/mol. The van der Waals surface area contributed by atoms with E-state index in [0.29, 0.717) is 19.4 Å². The van der Waals surface area contributed by atoms with Crippen molar-refractivity contribution >= 4 is 29.1 Å². The van der Waals surface area contributed by atoms with Crippen molar-refractivity contribution in [2.24, 2.45) is 5.92 Å². The summed E-state index contributed by atoms with van der Waals surface area (Å²) in [6.07, 6.45) is 4.48. The summed E-state index contributed by atoms with van der Waals surface area (Å²) in [7, 11) is 3.85. The fourth-order valence-electron chi connectivity index (χ4n) is 6.01. The highest BCUT2D eigenvalue weighted by molar-refractivity contribution is 5.92. The van der Waals surface area contributed by atoms with Gasteiger partial charge in [0.15, 0.2) is 0 Å². The molecule has 0 spiro atoms. The van der Waals surface area contributed by atoms with Crippen LogP contribution >= 0.6 is 0 Å². The summed E-state index contributed by atoms with van der Waals surface area (Å²) in [5, 5.41) is 5.78. The van der Waals surface area contributed by atoms with Gasteiger partial charge in [-0.15, -0.1) is 0 Å². The standard InChI is InChI=1S/C33H46N6O3/c1-6-27(34-4)33(42)35-24(21-40)20-39(30(41)19-22(2)3)18-17-25-15-16-29(38(25)5)32-36-28-14-10-13-26(31(28)37-32)23-11-8-7-9-12-23/h7-14,21-22,24-25,27,29,34H,6,15-20H2,1-5H3,(H,35,42)(H,36,37). The minimum absolute atomic E-state index is 0.00897. The average molecular weight is 575 g/mol. The number of nitrogens with zero attached hydrogens (tertiary/aromatic N) is 3. The van der Waals surface area contributed by atoms with Crippen molar-refractivity contribution in [3.05, 3.63) is 54.4 Å². The molecule has 2 aromatic carbocycles. The van der Waals surface area contributed by atoms with Gasteiger partial charge >= 0.3 is 0 Å². The van der Waals surface area contributed by atoms with E-state index in [9.17, 15) is 14.4 Å². The molecule has 2 heterocycles. The number of nitrogens with one attached hydrogen (secondary N) is 3. The first-order chi connectivity index (χ1) is 20.2. The number of likely N-dealkylation sites (N-methyl/N-ethyl adjacent to an activating group) is 1. The zero-order valence-corrected chi connectivity index (χ0v) is 25.6. The largest absolute Gasteiger partial charge is 0.343 e. The molecule has 4 unspecified atom stereocenters. The second-order valence-electron chi connectivity index (χ2n) is 11.8. The molecule has 1 aromatic heterocycles. The number of aromatic nitrogens is 2. The van der Waals surface area contributed by atoms with Crippen LogP contribution in [0.1, 0.15) is 64.7 Å². The van der Waals surface area contributed by atoms with Crippen molar-refractivity contribution in [2.45, 2.75) is 77.0 Å². The minimum Gasteiger partial charge on any atom is -0.343 e. The number of H-pyrrole nitrogens is 1. The third-order valence-electron chi connectivity index (χ3n) is 8.42. The fraction of sp³-hybridized carbons (Fsp3) is 0.515. The number of carbonyl (C=O) groups is 3. The molecule has 0 radical (unpaired) electrons. The van der Waals surface area contributed by atoms with Gasteiger partial charge in [-0.2, -0.15) is 0 Å². The van der Waals surface area contributed by atoms with Crippen molar-refractivity contribution in [3.63, 3.8) is 0 Å². The molecule has 4 atom stereocenters. The number of aldehydes is 1. The lowest BCUT2D eigenvalue weighted by molar-refractivity contribution is -0.134. The van der Waals surface area contributed by atoms with Crippen molar-refractivity contribution < 1.29 is 14.4 Å². The first kappa shape index (κ1) is 31.4. The molecule has 1 aliphatic rings. The molecule has 2 amide bonds. The number of rotatable bonds is 14. The quantitative estimate of drug-likeness (QED) is 0.248. The summed E-state index contributed by atoms with van der Waals surface area (Å²) in [6, 6.07) is 15.9. The number of hydrogen-bond donors (Lipinski definition) is 3. The van der Waals surface area contributed by atoms with Crippen molar-refractivity contribution in [1.29, 1.82) is 0 Å². The zero-order valence-electron chi connectivity index (χ0n) is 25.6. The van der Waals surface area contributed by atoms with Gasteiger partial charge in [0.05, 0.1) is 23.1 Å². The van der Waals surface area contributed by atoms with Crippen LogP contribution in [0.15, 0.2) is 48.5 Å². The van der Waals surface area contributed by atoms with Gasteiger partial charge in [0.25, 0.3) is 0 Å². The van der Waals surface area contributed by atoms with Gasteiger partial charge in [-0.25, -0.2) is 4.98 Å². The predicted molar refractivity (Wildman–Crippen MR) is 167 cm³/mol. The summed E-state index contributed by atoms with van der Waals surface area (Å²) in [6.45, 7) is 6.63. The topological polar surface area (TPSA) is 110 Å². The maximum atomic E-state index is 13.2. The molecule has 3 N–H and O–H groups in total. The Kier molecular flexibility index (Phi) is 10.9. The van der Waals surface area contributed by atoms with Gasteiger partial charge in [0, 0.05) is 31.1 Å². The van der Waals surface area contributed by atoms with Crippen molar-refractivity contribution in [3.8, 4) is 11.1 Å². The third-order valence-corrected chi connectivity index (χ3v) is 8.42. The second kappa shape index (κ2) is 14.6. The van der Waals surface area contributed by atoms with Crippen LogP contribution in [0, 0.1) is 5.92 Å². The van der Waals surface area contributed by atoms with Crippen molar-refractivity contribution in [2.75, 3.05) is 27.2 Å². The van der Waals surface area contributed by atoms with E-state index in [2.05, 4.69) is 57.9 Å². The van der Waals surface area contributed by atoms with Crippen LogP contribution in [0.5, 0.6) is 0 Å². The Balaban J connectivity index is 1.44. The fourth-order valence-corrected chi connectivity index (χ4v) is 6.01. The Morgan fingerprint density at radius 1 is 1.14 bits per heavy atom. The number of para-hydroxylation sites is 1. The third kappa shape index (κ3) is 7.44. The van der Waals surface area contributed by atoms with Gasteiger partial charge < -0.3 is 25.3 Å². The van der Waals surface area contributed by atoms with E-state index in [1.807, 2.05) is 39.0 Å². The average Bonchev–Trinajstić information content (AvgIpc) is 3.58. The van der Waals surface area contributed by atoms with Gasteiger partial charge in [0.2, 0.25) is 11.8 Å². The lowest BCUT2D eigenvalue weighted by Gasteiger charge is -2.30. The number of aromatic amines is 1. The number of fused-ring (bicyclic) bond motifs is 1. The first-order valence-electron chi connectivity index (χ1n) is 15.2. The lowest BCUT2D eigenvalue weighted by atomic mass is 10.0. The number of benzene rings is 2. The Morgan fingerprint density at radius 2 is 1.90 bits per heavy atom. The summed E-state index contributed by atoms with van der Waals surface area (Å²) in [5.74, 6) is 0.943. The summed E-state index contributed by atoms with van der Waals surface area (Å²) in [5.41, 5.74) is 4.26. The molecule has 9 heteroatoms. The lowest BCUT2D eigenvalue weighted by Crippen LogP contribution is -2.52. The molecule has 4 rings (SSSR count). The van der Waals surface area contributed by atoms with Crippen LogP contribution < -0.4 is 10.6 Å². The number of likely N-dealkylation sites (tertiary alicyclic amines) is 1. The van der Waals surface area contributed by atoms with Crippen LogP contribution in [-0.4, -0.2) is 83.2 Å². The van der Waals surface area contributed by atoms with E-state index in [1.54, 1.807) is 11.9 Å². The monoisotopic (exact) mass is 574 g/mol. The van der Waals surface area contributed by atoms with Gasteiger partial charge in [-0.3, -0.25) is 14.5 Å². The SMILES string of the molecule is CCC(NC)C(=O)NC(C=O)CN(CCC1CCC(c2nc3c(-c4ccccc4)cccc3[nH]2)N1C)C(=O)CC(C)C. The highest BCUT2D eigenvalue weighted by Gasteiger charge is 2.34. The number of hydrogen-bond acceptors (Lipinski definition) is 6. The number of carbonyl (C=O) groups excluding carboxylic acids is 3. The van der Waals surface area contributed by atoms with E-state index in [4.69, 9.17) is 4.98 Å². The van der Waals surface area contributed by atoms with E-state index in [-0.39, 0.29) is 42.4 Å². The molecule has 1 saturated heterocycles. The molecule has 226 valence electrons. The molecule has 0 saturated carbocycles. The molecule has 9 nitrogen and oxygen atoms in total. The number of amides is 2. The van der Waals surface area contributed by atoms with Crippen LogP contribution in [0.2, 0.25) is 0 Å². The maximum Gasteiger partial charge on any atom is 0.237 e. The Morgan fingerprint density at radius 3 is 2.57 bits per heavy atom. The van der Waals surface area contributed by atoms with E-state index in [1.165, 1.54) is 0 Å². The number of imidazole rings is 1. The molecular formula is C33H46N6O3. The molecule has 0 bridgehead atoms. The highest BCUT2D eigenvalue weighted by atomic mass is 16.2. The molecule has 42 heavy (non-hydrogen) atoms. The molecule has 0 aliphatic carbocycles. The summed E-state index contributed by atoms with van der Waals surface area (Å²) in [4.78, 5) is 50.5. The van der Waals surface area contributed by atoms with Crippen LogP contribution in [0.3, 0.4) is 0 Å². The minimum atomic E-state index is -0.751. The summed E-state index contributed by atoms with van der Waals surface area (Å²) < 4.78 is 0.